The fourth-order valence-corrected chi connectivity index (χ4v) is 2.31. The molecule has 0 amide bonds. The van der Waals surface area contributed by atoms with Crippen molar-refractivity contribution in [1.29, 1.82) is 0 Å². The summed E-state index contributed by atoms with van der Waals surface area (Å²) >= 11 is 6.10. The molecule has 0 aliphatic carbocycles. The average Bonchev–Trinajstić information content (AvgIpc) is 2.89. The maximum absolute atomic E-state index is 9.02. The monoisotopic (exact) mass is 303 g/mol. The van der Waals surface area contributed by atoms with Gasteiger partial charge in [0.1, 0.15) is 12.4 Å². The quantitative estimate of drug-likeness (QED) is 0.782. The second-order valence-electron chi connectivity index (χ2n) is 4.64. The van der Waals surface area contributed by atoms with Gasteiger partial charge in [-0.05, 0) is 24.3 Å². The first-order valence-corrected chi connectivity index (χ1v) is 7.01. The van der Waals surface area contributed by atoms with Crippen LogP contribution in [0.15, 0.2) is 47.0 Å². The summed E-state index contributed by atoms with van der Waals surface area (Å²) < 4.78 is 11.0. The first-order chi connectivity index (χ1) is 10.3. The second-order valence-corrected chi connectivity index (χ2v) is 5.05. The number of hydrogen-bond donors (Lipinski definition) is 1. The lowest BCUT2D eigenvalue weighted by atomic mass is 10.1. The Balaban J connectivity index is 1.81. The molecule has 0 atom stereocenters. The normalized spacial score (nSPS) is 11.0. The highest BCUT2D eigenvalue weighted by molar-refractivity contribution is 6.31. The second kappa shape index (κ2) is 6.16. The van der Waals surface area contributed by atoms with Gasteiger partial charge in [0.25, 0.3) is 0 Å². The molecule has 0 unspecified atom stereocenters. The van der Waals surface area contributed by atoms with Gasteiger partial charge in [-0.2, -0.15) is 0 Å². The van der Waals surface area contributed by atoms with Crippen molar-refractivity contribution in [1.82, 2.24) is 5.16 Å². The number of hydrogen-bond acceptors (Lipinski definition) is 4. The fraction of sp³-hybridized carbons (Fsp3) is 0.188. The van der Waals surface area contributed by atoms with Crippen LogP contribution in [0.25, 0.3) is 11.0 Å². The largest absolute Gasteiger partial charge is 0.489 e. The molecule has 0 aliphatic rings. The number of aliphatic hydroxyl groups is 1. The Morgan fingerprint density at radius 3 is 2.86 bits per heavy atom. The number of rotatable bonds is 5. The zero-order chi connectivity index (χ0) is 14.7. The minimum absolute atomic E-state index is 0.0341. The first kappa shape index (κ1) is 13.9. The van der Waals surface area contributed by atoms with Gasteiger partial charge in [-0.25, -0.2) is 0 Å². The van der Waals surface area contributed by atoms with Crippen LogP contribution in [0.3, 0.4) is 0 Å². The van der Waals surface area contributed by atoms with Crippen molar-refractivity contribution in [3.8, 4) is 5.75 Å². The highest BCUT2D eigenvalue weighted by Crippen LogP contribution is 2.25. The molecule has 2 aromatic carbocycles. The van der Waals surface area contributed by atoms with E-state index >= 15 is 0 Å². The van der Waals surface area contributed by atoms with Crippen LogP contribution in [0, 0.1) is 0 Å². The van der Waals surface area contributed by atoms with Gasteiger partial charge in [-0.1, -0.05) is 35.0 Å². The third-order valence-electron chi connectivity index (χ3n) is 3.22. The van der Waals surface area contributed by atoms with Gasteiger partial charge in [0.15, 0.2) is 5.58 Å². The van der Waals surface area contributed by atoms with E-state index in [1.807, 2.05) is 42.5 Å². The molecule has 5 heteroatoms. The van der Waals surface area contributed by atoms with Crippen LogP contribution < -0.4 is 4.74 Å². The summed E-state index contributed by atoms with van der Waals surface area (Å²) in [7, 11) is 0. The van der Waals surface area contributed by atoms with Crippen LogP contribution in [0.5, 0.6) is 5.75 Å². The summed E-state index contributed by atoms with van der Waals surface area (Å²) in [5, 5.41) is 14.5. The molecule has 0 saturated carbocycles. The number of aliphatic hydroxyl groups excluding tert-OH is 1. The van der Waals surface area contributed by atoms with E-state index < -0.39 is 0 Å². The van der Waals surface area contributed by atoms with Crippen LogP contribution in [0.2, 0.25) is 5.02 Å². The van der Waals surface area contributed by atoms with E-state index in [1.54, 1.807) is 0 Å². The summed E-state index contributed by atoms with van der Waals surface area (Å²) in [5.74, 6) is 0.713. The van der Waals surface area contributed by atoms with Crippen LogP contribution in [0.1, 0.15) is 11.3 Å². The highest BCUT2D eigenvalue weighted by atomic mass is 35.5. The van der Waals surface area contributed by atoms with Crippen LogP contribution >= 0.6 is 11.6 Å². The van der Waals surface area contributed by atoms with Gasteiger partial charge in [-0.15, -0.1) is 0 Å². The molecule has 0 aliphatic heterocycles. The van der Waals surface area contributed by atoms with Crippen LogP contribution in [-0.2, 0) is 13.0 Å². The topological polar surface area (TPSA) is 55.5 Å². The molecular weight excluding hydrogens is 290 g/mol. The number of aromatic nitrogens is 1. The SMILES string of the molecule is OCCc1noc2ccc(OCc3ccccc3Cl)cc12. The van der Waals surface area contributed by atoms with E-state index in [0.717, 1.165) is 16.6 Å². The summed E-state index contributed by atoms with van der Waals surface area (Å²) in [5.41, 5.74) is 2.35. The van der Waals surface area contributed by atoms with E-state index in [9.17, 15) is 0 Å². The molecule has 21 heavy (non-hydrogen) atoms. The van der Waals surface area contributed by atoms with Gasteiger partial charge in [-0.3, -0.25) is 0 Å². The smallest absolute Gasteiger partial charge is 0.167 e. The molecular formula is C16H14ClNO3. The number of fused-ring (bicyclic) bond motifs is 1. The first-order valence-electron chi connectivity index (χ1n) is 6.63. The lowest BCUT2D eigenvalue weighted by Crippen LogP contribution is -1.96. The van der Waals surface area contributed by atoms with Gasteiger partial charge in [0, 0.05) is 29.0 Å². The third kappa shape index (κ3) is 3.01. The molecule has 1 aromatic heterocycles. The van der Waals surface area contributed by atoms with Crippen LogP contribution in [0.4, 0.5) is 0 Å². The fourth-order valence-electron chi connectivity index (χ4n) is 2.12. The predicted octanol–water partition coefficient (Wildman–Crippen LogP) is 3.60. The number of ether oxygens (including phenoxy) is 1. The molecule has 1 heterocycles. The van der Waals surface area contributed by atoms with Gasteiger partial charge >= 0.3 is 0 Å². The minimum Gasteiger partial charge on any atom is -0.489 e. The molecule has 3 rings (SSSR count). The van der Waals surface area contributed by atoms with E-state index in [0.29, 0.717) is 29.4 Å². The third-order valence-corrected chi connectivity index (χ3v) is 3.59. The molecule has 3 aromatic rings. The lowest BCUT2D eigenvalue weighted by Gasteiger charge is -2.07. The number of benzene rings is 2. The van der Waals surface area contributed by atoms with Crippen molar-refractivity contribution in [3.05, 3.63) is 58.7 Å². The molecule has 0 fully saturated rings. The van der Waals surface area contributed by atoms with Crippen molar-refractivity contribution >= 4 is 22.6 Å². The van der Waals surface area contributed by atoms with Crippen LogP contribution in [-0.4, -0.2) is 16.9 Å². The van der Waals surface area contributed by atoms with Crippen molar-refractivity contribution in [2.45, 2.75) is 13.0 Å². The summed E-state index contributed by atoms with van der Waals surface area (Å²) in [6.07, 6.45) is 0.459. The number of nitrogens with zero attached hydrogens (tertiary/aromatic N) is 1. The Morgan fingerprint density at radius 1 is 1.19 bits per heavy atom. The Hall–Kier alpha value is -2.04. The Labute approximate surface area is 126 Å². The molecule has 0 radical (unpaired) electrons. The van der Waals surface area contributed by atoms with Crippen molar-refractivity contribution in [2.75, 3.05) is 6.61 Å². The van der Waals surface area contributed by atoms with Gasteiger partial charge in [0.2, 0.25) is 0 Å². The summed E-state index contributed by atoms with van der Waals surface area (Å²) in [6, 6.07) is 13.1. The highest BCUT2D eigenvalue weighted by Gasteiger charge is 2.09. The standard InChI is InChI=1S/C16H14ClNO3/c17-14-4-2-1-3-11(14)10-20-12-5-6-16-13(9-12)15(7-8-19)18-21-16/h1-6,9,19H,7-8,10H2. The van der Waals surface area contributed by atoms with E-state index in [4.69, 9.17) is 26.0 Å². The Bertz CT molecular complexity index is 754. The molecule has 108 valence electrons. The van der Waals surface area contributed by atoms with Crippen molar-refractivity contribution < 1.29 is 14.4 Å². The van der Waals surface area contributed by atoms with E-state index in [1.165, 1.54) is 0 Å². The predicted molar refractivity (Wildman–Crippen MR) is 80.6 cm³/mol. The zero-order valence-corrected chi connectivity index (χ0v) is 12.0. The zero-order valence-electron chi connectivity index (χ0n) is 11.3. The number of halogens is 1. The average molecular weight is 304 g/mol. The summed E-state index contributed by atoms with van der Waals surface area (Å²) in [4.78, 5) is 0. The van der Waals surface area contributed by atoms with Gasteiger partial charge < -0.3 is 14.4 Å². The van der Waals surface area contributed by atoms with Gasteiger partial charge in [0.05, 0.1) is 5.69 Å². The van der Waals surface area contributed by atoms with E-state index in [-0.39, 0.29) is 6.61 Å². The molecule has 0 saturated heterocycles. The lowest BCUT2D eigenvalue weighted by molar-refractivity contribution is 0.295. The van der Waals surface area contributed by atoms with E-state index in [2.05, 4.69) is 5.16 Å². The summed E-state index contributed by atoms with van der Waals surface area (Å²) in [6.45, 7) is 0.429. The Morgan fingerprint density at radius 2 is 2.05 bits per heavy atom. The van der Waals surface area contributed by atoms with Crippen molar-refractivity contribution in [2.24, 2.45) is 0 Å². The molecule has 0 bridgehead atoms. The molecule has 4 nitrogen and oxygen atoms in total. The van der Waals surface area contributed by atoms with Crippen molar-refractivity contribution in [3.63, 3.8) is 0 Å². The minimum atomic E-state index is 0.0341. The molecule has 0 spiro atoms. The molecule has 1 N–H and O–H groups in total. The maximum atomic E-state index is 9.02. The maximum Gasteiger partial charge on any atom is 0.167 e. The Kier molecular flexibility index (Phi) is 4.08.